The molecule has 1 fully saturated rings. The van der Waals surface area contributed by atoms with Crippen LogP contribution in [-0.4, -0.2) is 5.78 Å². The van der Waals surface area contributed by atoms with E-state index in [0.29, 0.717) is 16.6 Å². The van der Waals surface area contributed by atoms with Crippen molar-refractivity contribution < 1.29 is 4.79 Å². The molecule has 0 heterocycles. The van der Waals surface area contributed by atoms with Gasteiger partial charge in [0, 0.05) is 5.41 Å². The lowest BCUT2D eigenvalue weighted by Crippen LogP contribution is -2.32. The molecule has 1 atom stereocenters. The van der Waals surface area contributed by atoms with Gasteiger partial charge in [-0.15, -0.1) is 0 Å². The van der Waals surface area contributed by atoms with Gasteiger partial charge in [-0.3, -0.25) is 4.79 Å². The Balaban J connectivity index is 2.65. The normalized spacial score (nSPS) is 29.4. The molecule has 0 spiro atoms. The van der Waals surface area contributed by atoms with E-state index in [1.54, 1.807) is 6.92 Å². The summed E-state index contributed by atoms with van der Waals surface area (Å²) in [7, 11) is 0. The van der Waals surface area contributed by atoms with Gasteiger partial charge in [-0.1, -0.05) is 41.0 Å². The summed E-state index contributed by atoms with van der Waals surface area (Å²) in [5.74, 6) is 0.326. The Morgan fingerprint density at radius 2 is 1.75 bits per heavy atom. The summed E-state index contributed by atoms with van der Waals surface area (Å²) in [5, 5.41) is 0. The van der Waals surface area contributed by atoms with E-state index < -0.39 is 0 Å². The van der Waals surface area contributed by atoms with Crippen LogP contribution < -0.4 is 0 Å². The van der Waals surface area contributed by atoms with Crippen molar-refractivity contribution in [3.8, 4) is 0 Å². The number of Topliss-reactive ketones (excluding diaryl/α,β-unsaturated/α-hetero) is 1. The number of carbonyl (C=O) groups is 1. The second-order valence-corrected chi connectivity index (χ2v) is 7.24. The summed E-state index contributed by atoms with van der Waals surface area (Å²) in [6.45, 7) is 13.1. The first-order chi connectivity index (χ1) is 7.11. The van der Waals surface area contributed by atoms with E-state index in [4.69, 9.17) is 0 Å². The van der Waals surface area contributed by atoms with Crippen molar-refractivity contribution in [2.24, 2.45) is 16.2 Å². The van der Waals surface area contributed by atoms with Crippen LogP contribution in [-0.2, 0) is 4.79 Å². The van der Waals surface area contributed by atoms with Gasteiger partial charge in [0.05, 0.1) is 0 Å². The third kappa shape index (κ3) is 2.49. The highest BCUT2D eigenvalue weighted by molar-refractivity contribution is 5.81. The zero-order chi connectivity index (χ0) is 12.6. The van der Waals surface area contributed by atoms with Gasteiger partial charge < -0.3 is 0 Å². The van der Waals surface area contributed by atoms with Crippen LogP contribution in [0.5, 0.6) is 0 Å². The first-order valence-electron chi connectivity index (χ1n) is 6.62. The molecular formula is C15H28O. The van der Waals surface area contributed by atoms with E-state index in [2.05, 4.69) is 34.6 Å². The topological polar surface area (TPSA) is 17.1 Å². The smallest absolute Gasteiger partial charge is 0.135 e. The highest BCUT2D eigenvalue weighted by Crippen LogP contribution is 2.55. The first-order valence-corrected chi connectivity index (χ1v) is 6.62. The van der Waals surface area contributed by atoms with E-state index in [9.17, 15) is 4.79 Å². The number of ketones is 1. The molecule has 1 nitrogen and oxygen atoms in total. The standard InChI is InChI=1S/C15H28O/c1-12(16)13(2,3)10-11-15(6)9-7-8-14(15,4)5/h7-11H2,1-6H3. The Labute approximate surface area is 101 Å². The van der Waals surface area contributed by atoms with Gasteiger partial charge >= 0.3 is 0 Å². The SMILES string of the molecule is CC(=O)C(C)(C)CCC1(C)CCCC1(C)C. The van der Waals surface area contributed by atoms with Crippen LogP contribution in [0.3, 0.4) is 0 Å². The number of hydrogen-bond acceptors (Lipinski definition) is 1. The molecule has 1 aliphatic rings. The predicted octanol–water partition coefficient (Wildman–Crippen LogP) is 4.60. The van der Waals surface area contributed by atoms with Gasteiger partial charge in [0.15, 0.2) is 0 Å². The number of rotatable bonds is 4. The van der Waals surface area contributed by atoms with Crippen molar-refractivity contribution >= 4 is 5.78 Å². The summed E-state index contributed by atoms with van der Waals surface area (Å²) in [4.78, 5) is 11.5. The largest absolute Gasteiger partial charge is 0.299 e. The fourth-order valence-corrected chi connectivity index (χ4v) is 2.79. The molecule has 0 radical (unpaired) electrons. The van der Waals surface area contributed by atoms with Crippen LogP contribution in [0.1, 0.15) is 73.6 Å². The van der Waals surface area contributed by atoms with Crippen molar-refractivity contribution in [2.75, 3.05) is 0 Å². The quantitative estimate of drug-likeness (QED) is 0.682. The molecule has 0 aromatic heterocycles. The van der Waals surface area contributed by atoms with Crippen molar-refractivity contribution in [1.82, 2.24) is 0 Å². The fraction of sp³-hybridized carbons (Fsp3) is 0.933. The average Bonchev–Trinajstić information content (AvgIpc) is 2.39. The van der Waals surface area contributed by atoms with Crippen molar-refractivity contribution in [3.63, 3.8) is 0 Å². The predicted molar refractivity (Wildman–Crippen MR) is 69.4 cm³/mol. The first kappa shape index (κ1) is 13.7. The van der Waals surface area contributed by atoms with Gasteiger partial charge in [-0.2, -0.15) is 0 Å². The van der Waals surface area contributed by atoms with Gasteiger partial charge in [0.25, 0.3) is 0 Å². The summed E-state index contributed by atoms with van der Waals surface area (Å²) in [6.07, 6.45) is 6.23. The molecule has 16 heavy (non-hydrogen) atoms. The molecule has 0 aromatic carbocycles. The zero-order valence-electron chi connectivity index (χ0n) is 11.9. The maximum absolute atomic E-state index is 11.5. The monoisotopic (exact) mass is 224 g/mol. The highest BCUT2D eigenvalue weighted by atomic mass is 16.1. The minimum absolute atomic E-state index is 0.137. The maximum atomic E-state index is 11.5. The van der Waals surface area contributed by atoms with Crippen molar-refractivity contribution in [3.05, 3.63) is 0 Å². The molecule has 94 valence electrons. The van der Waals surface area contributed by atoms with Crippen molar-refractivity contribution in [2.45, 2.75) is 73.6 Å². The molecule has 1 aliphatic carbocycles. The Hall–Kier alpha value is -0.330. The molecule has 1 saturated carbocycles. The number of hydrogen-bond donors (Lipinski definition) is 0. The summed E-state index contributed by atoms with van der Waals surface area (Å²) in [5.41, 5.74) is 0.737. The van der Waals surface area contributed by atoms with Gasteiger partial charge in [-0.25, -0.2) is 0 Å². The van der Waals surface area contributed by atoms with Crippen LogP contribution in [0.2, 0.25) is 0 Å². The molecule has 1 heteroatoms. The second kappa shape index (κ2) is 4.16. The van der Waals surface area contributed by atoms with Crippen LogP contribution in [0.25, 0.3) is 0 Å². The molecule has 1 rings (SSSR count). The Morgan fingerprint density at radius 1 is 1.19 bits per heavy atom. The van der Waals surface area contributed by atoms with Crippen LogP contribution in [0.15, 0.2) is 0 Å². The van der Waals surface area contributed by atoms with Crippen LogP contribution in [0, 0.1) is 16.2 Å². The van der Waals surface area contributed by atoms with E-state index in [0.717, 1.165) is 6.42 Å². The maximum Gasteiger partial charge on any atom is 0.135 e. The molecule has 1 unspecified atom stereocenters. The fourth-order valence-electron chi connectivity index (χ4n) is 2.79. The molecule has 0 saturated heterocycles. The summed E-state index contributed by atoms with van der Waals surface area (Å²) in [6, 6.07) is 0. The Morgan fingerprint density at radius 3 is 2.12 bits per heavy atom. The Bertz CT molecular complexity index is 275. The van der Waals surface area contributed by atoms with E-state index in [1.165, 1.54) is 25.7 Å². The molecular weight excluding hydrogens is 196 g/mol. The zero-order valence-corrected chi connectivity index (χ0v) is 11.9. The van der Waals surface area contributed by atoms with Crippen LogP contribution in [0.4, 0.5) is 0 Å². The summed E-state index contributed by atoms with van der Waals surface area (Å²) >= 11 is 0. The second-order valence-electron chi connectivity index (χ2n) is 7.24. The Kier molecular flexibility index (Phi) is 3.57. The minimum atomic E-state index is -0.137. The number of carbonyl (C=O) groups excluding carboxylic acids is 1. The molecule has 0 aromatic rings. The lowest BCUT2D eigenvalue weighted by molar-refractivity contribution is -0.125. The minimum Gasteiger partial charge on any atom is -0.299 e. The van der Waals surface area contributed by atoms with Gasteiger partial charge in [0.2, 0.25) is 0 Å². The third-order valence-electron chi connectivity index (χ3n) is 5.42. The lowest BCUT2D eigenvalue weighted by Gasteiger charge is -2.40. The third-order valence-corrected chi connectivity index (χ3v) is 5.42. The van der Waals surface area contributed by atoms with Gasteiger partial charge in [-0.05, 0) is 43.4 Å². The van der Waals surface area contributed by atoms with Crippen molar-refractivity contribution in [1.29, 1.82) is 0 Å². The average molecular weight is 224 g/mol. The van der Waals surface area contributed by atoms with E-state index in [1.807, 2.05) is 0 Å². The highest BCUT2D eigenvalue weighted by Gasteiger charge is 2.45. The molecule has 0 amide bonds. The van der Waals surface area contributed by atoms with E-state index >= 15 is 0 Å². The summed E-state index contributed by atoms with van der Waals surface area (Å²) < 4.78 is 0. The molecule has 0 aliphatic heterocycles. The van der Waals surface area contributed by atoms with Crippen LogP contribution >= 0.6 is 0 Å². The van der Waals surface area contributed by atoms with Gasteiger partial charge in [0.1, 0.15) is 5.78 Å². The molecule has 0 bridgehead atoms. The lowest BCUT2D eigenvalue weighted by atomic mass is 9.64. The van der Waals surface area contributed by atoms with E-state index in [-0.39, 0.29) is 5.41 Å². The molecule has 0 N–H and O–H groups in total.